The Labute approximate surface area is 131 Å². The highest BCUT2D eigenvalue weighted by atomic mass is 32.2. The zero-order valence-corrected chi connectivity index (χ0v) is 13.1. The lowest BCUT2D eigenvalue weighted by molar-refractivity contribution is -0.128. The predicted octanol–water partition coefficient (Wildman–Crippen LogP) is 2.58. The van der Waals surface area contributed by atoms with Gasteiger partial charge in [0.1, 0.15) is 9.84 Å². The van der Waals surface area contributed by atoms with Crippen LogP contribution in [0.15, 0.2) is 18.2 Å². The van der Waals surface area contributed by atoms with Crippen molar-refractivity contribution in [1.82, 2.24) is 0 Å². The van der Waals surface area contributed by atoms with Gasteiger partial charge in [-0.2, -0.15) is 8.78 Å². The van der Waals surface area contributed by atoms with Crippen LogP contribution in [0.25, 0.3) is 0 Å². The Morgan fingerprint density at radius 3 is 2.48 bits per heavy atom. The van der Waals surface area contributed by atoms with Crippen LogP contribution in [0.4, 0.5) is 18.9 Å². The molecule has 1 aromatic rings. The van der Waals surface area contributed by atoms with E-state index in [2.05, 4.69) is 10.1 Å². The number of carbonyl (C=O) groups is 1. The number of hydrogen-bond acceptors (Lipinski definition) is 4. The van der Waals surface area contributed by atoms with Gasteiger partial charge in [-0.05, 0) is 25.0 Å². The average Bonchev–Trinajstić information content (AvgIpc) is 2.35. The molecule has 1 N–H and O–H groups in total. The van der Waals surface area contributed by atoms with Gasteiger partial charge < -0.3 is 10.1 Å². The number of carbonyl (C=O) groups excluding carboxylic acids is 1. The summed E-state index contributed by atoms with van der Waals surface area (Å²) in [5.74, 6) is -2.47. The van der Waals surface area contributed by atoms with E-state index in [9.17, 15) is 26.4 Å². The van der Waals surface area contributed by atoms with E-state index in [0.717, 1.165) is 24.8 Å². The minimum absolute atomic E-state index is 0.0499. The van der Waals surface area contributed by atoms with Crippen LogP contribution >= 0.6 is 0 Å². The van der Waals surface area contributed by atoms with Gasteiger partial charge in [0.05, 0.1) is 11.2 Å². The second-order valence-electron chi connectivity index (χ2n) is 5.68. The van der Waals surface area contributed by atoms with Crippen LogP contribution in [0.1, 0.15) is 19.3 Å². The number of alkyl halides is 2. The summed E-state index contributed by atoms with van der Waals surface area (Å²) in [6.07, 6.45) is 2.65. The van der Waals surface area contributed by atoms with Crippen LogP contribution in [-0.2, 0) is 14.6 Å². The van der Waals surface area contributed by atoms with Gasteiger partial charge >= 0.3 is 6.61 Å². The van der Waals surface area contributed by atoms with Crippen molar-refractivity contribution in [3.63, 3.8) is 0 Å². The number of hydrogen-bond donors (Lipinski definition) is 1. The molecule has 1 aliphatic rings. The van der Waals surface area contributed by atoms with Crippen molar-refractivity contribution in [3.8, 4) is 5.75 Å². The van der Waals surface area contributed by atoms with E-state index in [4.69, 9.17) is 0 Å². The molecule has 128 valence electrons. The summed E-state index contributed by atoms with van der Waals surface area (Å²) >= 11 is 0. The van der Waals surface area contributed by atoms with Gasteiger partial charge in [0.25, 0.3) is 0 Å². The first-order chi connectivity index (χ1) is 10.6. The SMILES string of the molecule is CS(=O)(=O)CC1(C(=O)Nc2ccc(OC(F)F)c(F)c2)CCC1. The van der Waals surface area contributed by atoms with Gasteiger partial charge in [0, 0.05) is 18.0 Å². The molecule has 9 heteroatoms. The van der Waals surface area contributed by atoms with Crippen LogP contribution in [0.2, 0.25) is 0 Å². The number of nitrogens with one attached hydrogen (secondary N) is 1. The maximum Gasteiger partial charge on any atom is 0.387 e. The largest absolute Gasteiger partial charge is 0.432 e. The monoisotopic (exact) mass is 351 g/mol. The lowest BCUT2D eigenvalue weighted by Crippen LogP contribution is -2.46. The second kappa shape index (κ2) is 6.38. The molecule has 0 aromatic heterocycles. The van der Waals surface area contributed by atoms with Crippen molar-refractivity contribution in [2.75, 3.05) is 17.3 Å². The van der Waals surface area contributed by atoms with Gasteiger partial charge in [-0.15, -0.1) is 0 Å². The van der Waals surface area contributed by atoms with Crippen molar-refractivity contribution in [1.29, 1.82) is 0 Å². The maximum absolute atomic E-state index is 13.6. The van der Waals surface area contributed by atoms with Crippen LogP contribution in [0.5, 0.6) is 5.75 Å². The summed E-state index contributed by atoms with van der Waals surface area (Å²) in [5, 5.41) is 2.44. The number of amides is 1. The predicted molar refractivity (Wildman–Crippen MR) is 77.7 cm³/mol. The van der Waals surface area contributed by atoms with Crippen molar-refractivity contribution in [2.45, 2.75) is 25.9 Å². The molecule has 23 heavy (non-hydrogen) atoms. The first kappa shape index (κ1) is 17.6. The highest BCUT2D eigenvalue weighted by Gasteiger charge is 2.46. The number of sulfone groups is 1. The van der Waals surface area contributed by atoms with Crippen LogP contribution in [-0.4, -0.2) is 32.9 Å². The maximum atomic E-state index is 13.6. The molecule has 0 atom stereocenters. The minimum Gasteiger partial charge on any atom is -0.432 e. The molecule has 1 amide bonds. The third-order valence-electron chi connectivity index (χ3n) is 3.74. The smallest absolute Gasteiger partial charge is 0.387 e. The summed E-state index contributed by atoms with van der Waals surface area (Å²) in [4.78, 5) is 12.3. The van der Waals surface area contributed by atoms with Gasteiger partial charge in [0.2, 0.25) is 5.91 Å². The molecule has 0 aliphatic heterocycles. The van der Waals surface area contributed by atoms with Crippen LogP contribution in [0, 0.1) is 11.2 Å². The van der Waals surface area contributed by atoms with Gasteiger partial charge in [0.15, 0.2) is 11.6 Å². The molecular formula is C14H16F3NO4S. The van der Waals surface area contributed by atoms with Crippen molar-refractivity contribution in [3.05, 3.63) is 24.0 Å². The minimum atomic E-state index is -3.35. The molecular weight excluding hydrogens is 335 g/mol. The zero-order valence-electron chi connectivity index (χ0n) is 12.3. The molecule has 0 heterocycles. The van der Waals surface area contributed by atoms with E-state index in [1.807, 2.05) is 0 Å². The summed E-state index contributed by atoms with van der Waals surface area (Å²) in [5.41, 5.74) is -0.962. The van der Waals surface area contributed by atoms with Crippen molar-refractivity contribution < 1.29 is 31.1 Å². The fourth-order valence-corrected chi connectivity index (χ4v) is 4.00. The molecule has 2 rings (SSSR count). The Morgan fingerprint density at radius 2 is 2.04 bits per heavy atom. The number of halogens is 3. The van der Waals surface area contributed by atoms with Crippen LogP contribution < -0.4 is 10.1 Å². The lowest BCUT2D eigenvalue weighted by Gasteiger charge is -2.39. The van der Waals surface area contributed by atoms with E-state index in [-0.39, 0.29) is 11.4 Å². The first-order valence-corrected chi connectivity index (χ1v) is 8.91. The van der Waals surface area contributed by atoms with Crippen molar-refractivity contribution >= 4 is 21.4 Å². The highest BCUT2D eigenvalue weighted by molar-refractivity contribution is 7.90. The van der Waals surface area contributed by atoms with E-state index < -0.39 is 39.3 Å². The standard InChI is InChI=1S/C14H16F3NO4S/c1-23(20,21)8-14(5-2-6-14)12(19)18-9-3-4-11(10(15)7-9)22-13(16)17/h3-4,7,13H,2,5-6,8H2,1H3,(H,18,19). The topological polar surface area (TPSA) is 72.5 Å². The summed E-state index contributed by atoms with van der Waals surface area (Å²) in [6.45, 7) is -3.15. The number of rotatable bonds is 6. The molecule has 1 aromatic carbocycles. The number of anilines is 1. The fourth-order valence-electron chi connectivity index (χ4n) is 2.58. The normalized spacial score (nSPS) is 16.7. The second-order valence-corrected chi connectivity index (χ2v) is 7.82. The Balaban J connectivity index is 2.12. The third kappa shape index (κ3) is 4.37. The zero-order chi connectivity index (χ0) is 17.3. The Morgan fingerprint density at radius 1 is 1.39 bits per heavy atom. The fraction of sp³-hybridized carbons (Fsp3) is 0.500. The average molecular weight is 351 g/mol. The number of benzene rings is 1. The molecule has 1 saturated carbocycles. The van der Waals surface area contributed by atoms with E-state index in [1.165, 1.54) is 6.07 Å². The Hall–Kier alpha value is -1.77. The molecule has 1 aliphatic carbocycles. The van der Waals surface area contributed by atoms with Gasteiger partial charge in [-0.1, -0.05) is 6.42 Å². The molecule has 0 spiro atoms. The van der Waals surface area contributed by atoms with Crippen LogP contribution in [0.3, 0.4) is 0 Å². The number of ether oxygens (including phenoxy) is 1. The lowest BCUT2D eigenvalue weighted by atomic mass is 9.69. The van der Waals surface area contributed by atoms with Gasteiger partial charge in [-0.3, -0.25) is 4.79 Å². The molecule has 0 saturated heterocycles. The Kier molecular flexibility index (Phi) is 4.88. The van der Waals surface area contributed by atoms with E-state index in [1.54, 1.807) is 0 Å². The molecule has 1 fully saturated rings. The summed E-state index contributed by atoms with van der Waals surface area (Å²) < 4.78 is 64.7. The quantitative estimate of drug-likeness (QED) is 0.855. The summed E-state index contributed by atoms with van der Waals surface area (Å²) in [6, 6.07) is 3.04. The first-order valence-electron chi connectivity index (χ1n) is 6.85. The van der Waals surface area contributed by atoms with E-state index >= 15 is 0 Å². The summed E-state index contributed by atoms with van der Waals surface area (Å²) in [7, 11) is -3.35. The highest BCUT2D eigenvalue weighted by Crippen LogP contribution is 2.43. The molecule has 0 bridgehead atoms. The van der Waals surface area contributed by atoms with Crippen molar-refractivity contribution in [2.24, 2.45) is 5.41 Å². The van der Waals surface area contributed by atoms with E-state index in [0.29, 0.717) is 12.8 Å². The van der Waals surface area contributed by atoms with Gasteiger partial charge in [-0.25, -0.2) is 12.8 Å². The third-order valence-corrected chi connectivity index (χ3v) is 4.81. The molecule has 0 radical (unpaired) electrons. The Bertz CT molecular complexity index is 702. The molecule has 0 unspecified atom stereocenters. The molecule has 5 nitrogen and oxygen atoms in total.